The van der Waals surface area contributed by atoms with Crippen molar-refractivity contribution in [3.05, 3.63) is 66.0 Å². The van der Waals surface area contributed by atoms with Crippen LogP contribution in [0.25, 0.3) is 0 Å². The van der Waals surface area contributed by atoms with Gasteiger partial charge in [0.1, 0.15) is 0 Å². The van der Waals surface area contributed by atoms with Gasteiger partial charge in [-0.3, -0.25) is 19.5 Å². The molecule has 0 aliphatic carbocycles. The van der Waals surface area contributed by atoms with Crippen LogP contribution in [0.5, 0.6) is 0 Å². The molecular weight excluding hydrogens is 432 g/mol. The minimum atomic E-state index is -1.22. The quantitative estimate of drug-likeness (QED) is 0.666. The van der Waals surface area contributed by atoms with Crippen LogP contribution in [-0.2, 0) is 26.3 Å². The molecule has 4 amide bonds. The SMILES string of the molecule is O=C(Cc1ccccc1)N1CCC([C@]2(c3ccccn3)NC(=O)N(C[C@H]3CCCO3)C2=O)CC1. The van der Waals surface area contributed by atoms with Gasteiger partial charge in [-0.2, -0.15) is 0 Å². The van der Waals surface area contributed by atoms with Gasteiger partial charge in [0.25, 0.3) is 5.91 Å². The van der Waals surface area contributed by atoms with Gasteiger partial charge in [0.15, 0.2) is 5.54 Å². The molecule has 2 aromatic rings. The highest BCUT2D eigenvalue weighted by Gasteiger charge is 2.58. The molecule has 3 aliphatic rings. The average molecular weight is 463 g/mol. The van der Waals surface area contributed by atoms with Crippen molar-refractivity contribution in [2.45, 2.75) is 43.7 Å². The summed E-state index contributed by atoms with van der Waals surface area (Å²) in [5.41, 5.74) is 0.325. The number of carbonyl (C=O) groups is 3. The molecule has 0 spiro atoms. The summed E-state index contributed by atoms with van der Waals surface area (Å²) in [5.74, 6) is -0.340. The summed E-state index contributed by atoms with van der Waals surface area (Å²) in [5, 5.41) is 3.03. The lowest BCUT2D eigenvalue weighted by Gasteiger charge is -2.40. The van der Waals surface area contributed by atoms with E-state index in [0.717, 1.165) is 18.4 Å². The number of ether oxygens (including phenoxy) is 1. The molecule has 3 aliphatic heterocycles. The first-order valence-corrected chi connectivity index (χ1v) is 12.1. The van der Waals surface area contributed by atoms with Crippen LogP contribution in [0.4, 0.5) is 4.79 Å². The number of hydrogen-bond donors (Lipinski definition) is 1. The topological polar surface area (TPSA) is 91.8 Å². The third kappa shape index (κ3) is 4.18. The molecule has 8 heteroatoms. The number of benzene rings is 1. The van der Waals surface area contributed by atoms with Crippen LogP contribution >= 0.6 is 0 Å². The zero-order chi connectivity index (χ0) is 23.5. The number of piperidine rings is 1. The zero-order valence-electron chi connectivity index (χ0n) is 19.2. The van der Waals surface area contributed by atoms with Gasteiger partial charge in [-0.05, 0) is 43.4 Å². The largest absolute Gasteiger partial charge is 0.376 e. The van der Waals surface area contributed by atoms with E-state index in [-0.39, 0.29) is 30.4 Å². The summed E-state index contributed by atoms with van der Waals surface area (Å²) in [6.07, 6.45) is 4.89. The molecule has 2 atom stereocenters. The Kier molecular flexibility index (Phi) is 6.32. The second-order valence-electron chi connectivity index (χ2n) is 9.32. The molecule has 4 heterocycles. The molecule has 178 valence electrons. The maximum Gasteiger partial charge on any atom is 0.325 e. The molecule has 1 aromatic heterocycles. The van der Waals surface area contributed by atoms with Crippen LogP contribution in [0.2, 0.25) is 0 Å². The van der Waals surface area contributed by atoms with Crippen LogP contribution in [0.3, 0.4) is 0 Å². The average Bonchev–Trinajstić information content (AvgIpc) is 3.48. The van der Waals surface area contributed by atoms with Crippen molar-refractivity contribution >= 4 is 17.8 Å². The molecule has 8 nitrogen and oxygen atoms in total. The summed E-state index contributed by atoms with van der Waals surface area (Å²) in [7, 11) is 0. The lowest BCUT2D eigenvalue weighted by atomic mass is 9.75. The number of imide groups is 1. The van der Waals surface area contributed by atoms with Crippen molar-refractivity contribution in [2.75, 3.05) is 26.2 Å². The minimum Gasteiger partial charge on any atom is -0.376 e. The van der Waals surface area contributed by atoms with E-state index < -0.39 is 11.6 Å². The molecule has 0 bridgehead atoms. The van der Waals surface area contributed by atoms with Gasteiger partial charge in [-0.1, -0.05) is 36.4 Å². The Hall–Kier alpha value is -3.26. The normalized spacial score (nSPS) is 25.6. The predicted octanol–water partition coefficient (Wildman–Crippen LogP) is 2.49. The highest BCUT2D eigenvalue weighted by atomic mass is 16.5. The number of aromatic nitrogens is 1. The molecular formula is C26H30N4O4. The molecule has 1 N–H and O–H groups in total. The van der Waals surface area contributed by atoms with Gasteiger partial charge in [0, 0.05) is 31.8 Å². The molecule has 1 aromatic carbocycles. The monoisotopic (exact) mass is 462 g/mol. The summed E-state index contributed by atoms with van der Waals surface area (Å²) in [4.78, 5) is 47.4. The number of rotatable bonds is 6. The first-order valence-electron chi connectivity index (χ1n) is 12.1. The summed E-state index contributed by atoms with van der Waals surface area (Å²) < 4.78 is 5.69. The van der Waals surface area contributed by atoms with Crippen LogP contribution in [0.15, 0.2) is 54.7 Å². The Labute approximate surface area is 199 Å². The molecule has 0 radical (unpaired) electrons. The molecule has 0 saturated carbocycles. The first-order chi connectivity index (χ1) is 16.6. The van der Waals surface area contributed by atoms with Gasteiger partial charge in [-0.25, -0.2) is 4.79 Å². The van der Waals surface area contributed by atoms with E-state index >= 15 is 0 Å². The second-order valence-corrected chi connectivity index (χ2v) is 9.32. The minimum absolute atomic E-state index is 0.0818. The third-order valence-corrected chi connectivity index (χ3v) is 7.27. The van der Waals surface area contributed by atoms with E-state index in [4.69, 9.17) is 4.74 Å². The Morgan fingerprint density at radius 1 is 1.06 bits per heavy atom. The number of carbonyl (C=O) groups excluding carboxylic acids is 3. The Bertz CT molecular complexity index is 1030. The standard InChI is InChI=1S/C26H30N4O4/c31-23(17-19-7-2-1-3-8-19)29-14-11-20(12-15-29)26(22-10-4-5-13-27-22)24(32)30(25(33)28-26)18-21-9-6-16-34-21/h1-5,7-8,10,13,20-21H,6,9,11-12,14-18H2,(H,28,33)/t21-,26-/m1/s1. The molecule has 0 unspecified atom stereocenters. The van der Waals surface area contributed by atoms with Crippen molar-refractivity contribution in [3.63, 3.8) is 0 Å². The van der Waals surface area contributed by atoms with Crippen molar-refractivity contribution in [1.82, 2.24) is 20.1 Å². The van der Waals surface area contributed by atoms with Crippen LogP contribution in [0, 0.1) is 5.92 Å². The molecule has 5 rings (SSSR count). The van der Waals surface area contributed by atoms with E-state index in [1.807, 2.05) is 41.3 Å². The highest BCUT2D eigenvalue weighted by molar-refractivity contribution is 6.07. The van der Waals surface area contributed by atoms with Crippen molar-refractivity contribution in [2.24, 2.45) is 5.92 Å². The number of pyridine rings is 1. The van der Waals surface area contributed by atoms with Gasteiger partial charge in [0.2, 0.25) is 5.91 Å². The third-order valence-electron chi connectivity index (χ3n) is 7.27. The fourth-order valence-corrected chi connectivity index (χ4v) is 5.45. The Morgan fingerprint density at radius 3 is 2.50 bits per heavy atom. The fraction of sp³-hybridized carbons (Fsp3) is 0.462. The van der Waals surface area contributed by atoms with E-state index in [1.54, 1.807) is 18.3 Å². The molecule has 3 fully saturated rings. The van der Waals surface area contributed by atoms with E-state index in [2.05, 4.69) is 10.3 Å². The van der Waals surface area contributed by atoms with Crippen molar-refractivity contribution < 1.29 is 19.1 Å². The van der Waals surface area contributed by atoms with Crippen molar-refractivity contribution in [3.8, 4) is 0 Å². The predicted molar refractivity (Wildman–Crippen MR) is 125 cm³/mol. The van der Waals surface area contributed by atoms with Crippen LogP contribution in [-0.4, -0.2) is 65.0 Å². The van der Waals surface area contributed by atoms with Crippen LogP contribution in [0.1, 0.15) is 36.9 Å². The Morgan fingerprint density at radius 2 is 1.82 bits per heavy atom. The maximum absolute atomic E-state index is 13.8. The fourth-order valence-electron chi connectivity index (χ4n) is 5.45. The smallest absolute Gasteiger partial charge is 0.325 e. The van der Waals surface area contributed by atoms with Gasteiger partial charge in [0.05, 0.1) is 24.8 Å². The second kappa shape index (κ2) is 9.54. The number of hydrogen-bond acceptors (Lipinski definition) is 5. The number of nitrogens with zero attached hydrogens (tertiary/aromatic N) is 3. The van der Waals surface area contributed by atoms with E-state index in [9.17, 15) is 14.4 Å². The lowest BCUT2D eigenvalue weighted by Crippen LogP contribution is -2.55. The maximum atomic E-state index is 13.8. The summed E-state index contributed by atoms with van der Waals surface area (Å²) in [6, 6.07) is 14.8. The lowest BCUT2D eigenvalue weighted by molar-refractivity contribution is -0.137. The number of amides is 4. The summed E-state index contributed by atoms with van der Waals surface area (Å²) in [6.45, 7) is 2.00. The van der Waals surface area contributed by atoms with Gasteiger partial charge >= 0.3 is 6.03 Å². The number of urea groups is 1. The molecule has 3 saturated heterocycles. The Balaban J connectivity index is 1.34. The van der Waals surface area contributed by atoms with Crippen LogP contribution < -0.4 is 5.32 Å². The zero-order valence-corrected chi connectivity index (χ0v) is 19.2. The number of nitrogens with one attached hydrogen (secondary N) is 1. The number of likely N-dealkylation sites (tertiary alicyclic amines) is 1. The molecule has 34 heavy (non-hydrogen) atoms. The van der Waals surface area contributed by atoms with E-state index in [0.29, 0.717) is 44.7 Å². The van der Waals surface area contributed by atoms with Gasteiger partial charge < -0.3 is 15.0 Å². The van der Waals surface area contributed by atoms with Gasteiger partial charge in [-0.15, -0.1) is 0 Å². The first kappa shape index (κ1) is 22.5. The van der Waals surface area contributed by atoms with E-state index in [1.165, 1.54) is 4.90 Å². The highest BCUT2D eigenvalue weighted by Crippen LogP contribution is 2.41. The van der Waals surface area contributed by atoms with Crippen molar-refractivity contribution in [1.29, 1.82) is 0 Å². The summed E-state index contributed by atoms with van der Waals surface area (Å²) >= 11 is 0.